The Bertz CT molecular complexity index is 1200. The molecule has 1 amide bonds. The van der Waals surface area contributed by atoms with Gasteiger partial charge in [0, 0.05) is 4.47 Å². The van der Waals surface area contributed by atoms with Crippen molar-refractivity contribution in [1.82, 2.24) is 5.32 Å². The topological polar surface area (TPSA) is 50.7 Å². The van der Waals surface area contributed by atoms with Crippen LogP contribution in [0.15, 0.2) is 84.0 Å². The van der Waals surface area contributed by atoms with Crippen molar-refractivity contribution in [2.75, 3.05) is 0 Å². The van der Waals surface area contributed by atoms with Crippen molar-refractivity contribution >= 4 is 82.4 Å². The number of hydrogen-bond acceptors (Lipinski definition) is 4. The van der Waals surface area contributed by atoms with Crippen LogP contribution in [0.1, 0.15) is 16.7 Å². The summed E-state index contributed by atoms with van der Waals surface area (Å²) in [5, 5.41) is 3.39. The summed E-state index contributed by atoms with van der Waals surface area (Å²) in [7, 11) is 0. The summed E-state index contributed by atoms with van der Waals surface area (Å²) >= 11 is 11.9. The second-order valence-corrected chi connectivity index (χ2v) is 10.7. The summed E-state index contributed by atoms with van der Waals surface area (Å²) in [6.45, 7) is 2.47. The highest BCUT2D eigenvalue weighted by Crippen LogP contribution is 2.37. The molecule has 1 aliphatic heterocycles. The third kappa shape index (κ3) is 5.92. The maximum Gasteiger partial charge on any atom is 0.264 e. The van der Waals surface area contributed by atoms with Crippen molar-refractivity contribution < 1.29 is 9.53 Å². The minimum atomic E-state index is -0.163. The van der Waals surface area contributed by atoms with Crippen LogP contribution in [0.4, 0.5) is 5.69 Å². The number of amides is 1. The summed E-state index contributed by atoms with van der Waals surface area (Å²) in [5.74, 6) is 0.545. The fourth-order valence-corrected chi connectivity index (χ4v) is 5.46. The van der Waals surface area contributed by atoms with E-state index in [1.54, 1.807) is 0 Å². The zero-order valence-corrected chi connectivity index (χ0v) is 22.4. The number of ether oxygens (including phenoxy) is 1. The van der Waals surface area contributed by atoms with Gasteiger partial charge in [-0.15, -0.1) is 0 Å². The number of aliphatic imine (C=N–C) groups is 1. The Labute approximate surface area is 215 Å². The molecule has 0 bridgehead atoms. The molecular weight excluding hydrogens is 620 g/mol. The monoisotopic (exact) mass is 634 g/mol. The molecule has 1 fully saturated rings. The van der Waals surface area contributed by atoms with E-state index in [9.17, 15) is 4.79 Å². The molecule has 0 saturated carbocycles. The number of aryl methyl sites for hydroxylation is 1. The molecule has 4 nitrogen and oxygen atoms in total. The number of nitrogens with zero attached hydrogens (tertiary/aromatic N) is 1. The Morgan fingerprint density at radius 1 is 1.00 bits per heavy atom. The quantitative estimate of drug-likeness (QED) is 0.291. The molecule has 0 unspecified atom stereocenters. The Balaban J connectivity index is 1.49. The highest BCUT2D eigenvalue weighted by molar-refractivity contribution is 9.11. The van der Waals surface area contributed by atoms with E-state index in [1.807, 2.05) is 73.7 Å². The van der Waals surface area contributed by atoms with Gasteiger partial charge in [-0.2, -0.15) is 0 Å². The maximum atomic E-state index is 12.4. The van der Waals surface area contributed by atoms with E-state index in [1.165, 1.54) is 11.8 Å². The minimum Gasteiger partial charge on any atom is -0.487 e. The van der Waals surface area contributed by atoms with Gasteiger partial charge >= 0.3 is 0 Å². The van der Waals surface area contributed by atoms with Crippen molar-refractivity contribution in [1.29, 1.82) is 0 Å². The van der Waals surface area contributed by atoms with Crippen LogP contribution in [0.5, 0.6) is 5.75 Å². The van der Waals surface area contributed by atoms with Gasteiger partial charge in [0.2, 0.25) is 0 Å². The van der Waals surface area contributed by atoms with Gasteiger partial charge in [0.05, 0.1) is 19.5 Å². The van der Waals surface area contributed by atoms with E-state index in [0.29, 0.717) is 22.4 Å². The Kier molecular flexibility index (Phi) is 7.55. The number of thioether (sulfide) groups is 1. The van der Waals surface area contributed by atoms with Gasteiger partial charge in [-0.3, -0.25) is 4.79 Å². The molecule has 32 heavy (non-hydrogen) atoms. The number of carbonyl (C=O) groups excluding carboxylic acids is 1. The molecule has 1 aliphatic rings. The van der Waals surface area contributed by atoms with Crippen LogP contribution < -0.4 is 10.1 Å². The molecule has 1 heterocycles. The van der Waals surface area contributed by atoms with Crippen LogP contribution in [-0.4, -0.2) is 11.1 Å². The molecule has 3 aromatic carbocycles. The highest BCUT2D eigenvalue weighted by Gasteiger charge is 2.24. The fraction of sp³-hybridized carbons (Fsp3) is 0.0833. The lowest BCUT2D eigenvalue weighted by Crippen LogP contribution is -2.19. The summed E-state index contributed by atoms with van der Waals surface area (Å²) in [6.07, 6.45) is 1.84. The lowest BCUT2D eigenvalue weighted by molar-refractivity contribution is -0.115. The molecule has 1 N–H and O–H groups in total. The number of carbonyl (C=O) groups is 1. The SMILES string of the molecule is Cc1ccc(N=C2NC(=O)/C(=C\c3cc(Br)c(OCc4ccc(Br)cc4)c(Br)c3)S2)cc1. The lowest BCUT2D eigenvalue weighted by atomic mass is 10.2. The van der Waals surface area contributed by atoms with Gasteiger partial charge in [0.1, 0.15) is 12.4 Å². The lowest BCUT2D eigenvalue weighted by Gasteiger charge is -2.12. The second kappa shape index (κ2) is 10.4. The number of halogens is 3. The van der Waals surface area contributed by atoms with Crippen molar-refractivity contribution in [3.8, 4) is 5.75 Å². The highest BCUT2D eigenvalue weighted by atomic mass is 79.9. The summed E-state index contributed by atoms with van der Waals surface area (Å²) in [5.41, 5.74) is 3.90. The van der Waals surface area contributed by atoms with E-state index in [-0.39, 0.29) is 5.91 Å². The van der Waals surface area contributed by atoms with Crippen LogP contribution in [0.25, 0.3) is 6.08 Å². The minimum absolute atomic E-state index is 0.163. The van der Waals surface area contributed by atoms with Gasteiger partial charge in [0.25, 0.3) is 5.91 Å². The zero-order chi connectivity index (χ0) is 22.7. The molecule has 162 valence electrons. The second-order valence-electron chi connectivity index (χ2n) is 7.05. The van der Waals surface area contributed by atoms with E-state index >= 15 is 0 Å². The molecule has 3 aromatic rings. The van der Waals surface area contributed by atoms with Gasteiger partial charge < -0.3 is 10.1 Å². The smallest absolute Gasteiger partial charge is 0.264 e. The van der Waals surface area contributed by atoms with Crippen LogP contribution in [0.3, 0.4) is 0 Å². The molecule has 0 spiro atoms. The first-order valence-corrected chi connectivity index (χ1v) is 12.8. The van der Waals surface area contributed by atoms with Crippen LogP contribution in [0, 0.1) is 6.92 Å². The van der Waals surface area contributed by atoms with Crippen LogP contribution in [-0.2, 0) is 11.4 Å². The molecule has 0 atom stereocenters. The van der Waals surface area contributed by atoms with E-state index in [2.05, 4.69) is 58.1 Å². The first-order chi connectivity index (χ1) is 15.4. The third-order valence-corrected chi connectivity index (χ3v) is 7.15. The van der Waals surface area contributed by atoms with Gasteiger partial charge in [0.15, 0.2) is 5.17 Å². The number of rotatable bonds is 5. The normalized spacial score (nSPS) is 15.9. The molecule has 0 aliphatic carbocycles. The Morgan fingerprint density at radius 3 is 2.31 bits per heavy atom. The molecule has 0 radical (unpaired) electrons. The van der Waals surface area contributed by atoms with Crippen molar-refractivity contribution in [2.45, 2.75) is 13.5 Å². The first kappa shape index (κ1) is 23.3. The van der Waals surface area contributed by atoms with Crippen molar-refractivity contribution in [3.05, 3.63) is 95.7 Å². The average molecular weight is 637 g/mol. The molecular formula is C24H17Br3N2O2S. The van der Waals surface area contributed by atoms with Crippen LogP contribution in [0.2, 0.25) is 0 Å². The van der Waals surface area contributed by atoms with Crippen LogP contribution >= 0.6 is 59.6 Å². The fourth-order valence-electron chi connectivity index (χ4n) is 2.91. The first-order valence-electron chi connectivity index (χ1n) is 9.60. The summed E-state index contributed by atoms with van der Waals surface area (Å²) in [6, 6.07) is 19.7. The number of hydrogen-bond donors (Lipinski definition) is 1. The molecule has 8 heteroatoms. The molecule has 0 aromatic heterocycles. The Hall–Kier alpha value is -1.87. The van der Waals surface area contributed by atoms with E-state index < -0.39 is 0 Å². The largest absolute Gasteiger partial charge is 0.487 e. The maximum absolute atomic E-state index is 12.4. The summed E-state index contributed by atoms with van der Waals surface area (Å²) in [4.78, 5) is 17.5. The predicted molar refractivity (Wildman–Crippen MR) is 142 cm³/mol. The molecule has 4 rings (SSSR count). The van der Waals surface area contributed by atoms with E-state index in [0.717, 1.165) is 35.8 Å². The standard InChI is InChI=1S/C24H17Br3N2O2S/c1-14-2-8-18(9-3-14)28-24-29-23(30)21(32-24)12-16-10-19(26)22(20(27)11-16)31-13-15-4-6-17(25)7-5-15/h2-12H,13H2,1H3,(H,28,29,30)/b21-12+. The van der Waals surface area contributed by atoms with Gasteiger partial charge in [-0.25, -0.2) is 4.99 Å². The predicted octanol–water partition coefficient (Wildman–Crippen LogP) is 7.75. The Morgan fingerprint density at radius 2 is 1.66 bits per heavy atom. The van der Waals surface area contributed by atoms with E-state index in [4.69, 9.17) is 4.74 Å². The molecule has 1 saturated heterocycles. The summed E-state index contributed by atoms with van der Waals surface area (Å²) < 4.78 is 8.63. The van der Waals surface area contributed by atoms with Crippen molar-refractivity contribution in [2.24, 2.45) is 4.99 Å². The third-order valence-electron chi connectivity index (χ3n) is 4.53. The number of nitrogens with one attached hydrogen (secondary N) is 1. The van der Waals surface area contributed by atoms with Gasteiger partial charge in [-0.05, 0) is 104 Å². The number of benzene rings is 3. The number of amidine groups is 1. The zero-order valence-electron chi connectivity index (χ0n) is 16.9. The van der Waals surface area contributed by atoms with Gasteiger partial charge in [-0.1, -0.05) is 45.8 Å². The van der Waals surface area contributed by atoms with Crippen molar-refractivity contribution in [3.63, 3.8) is 0 Å². The average Bonchev–Trinajstić information content (AvgIpc) is 3.09.